The van der Waals surface area contributed by atoms with Gasteiger partial charge in [-0.3, -0.25) is 0 Å². The van der Waals surface area contributed by atoms with Crippen molar-refractivity contribution in [1.82, 2.24) is 0 Å². The molecule has 15 rings (SSSR count). The highest BCUT2D eigenvalue weighted by molar-refractivity contribution is 6.09. The lowest BCUT2D eigenvalue weighted by Crippen LogP contribution is -2.33. The predicted octanol–water partition coefficient (Wildman–Crippen LogP) is 19.3. The Labute approximate surface area is 437 Å². The van der Waals surface area contributed by atoms with E-state index in [0.29, 0.717) is 0 Å². The SMILES string of the molecule is C=C/C=C\c1ccc2c(c1)Oc1c(ccc3ccccc13)C21C2=C(c3ccccc31)C(c1ccc(N(c3ccc(-c4cccc5c4oc4ccccc45)cc3)c3ccc4c(c3)C(C)(C)c3ccccc3-4)cc1)CC=C2. The van der Waals surface area contributed by atoms with Crippen LogP contribution in [0.5, 0.6) is 11.5 Å². The van der Waals surface area contributed by atoms with Gasteiger partial charge in [0.15, 0.2) is 0 Å². The highest BCUT2D eigenvalue weighted by Crippen LogP contribution is 2.65. The third-order valence-corrected chi connectivity index (χ3v) is 16.9. The van der Waals surface area contributed by atoms with Crippen LogP contribution in [0, 0.1) is 0 Å². The molecular formula is C72H51NO2. The van der Waals surface area contributed by atoms with Crippen molar-refractivity contribution in [3.8, 4) is 33.8 Å². The lowest BCUT2D eigenvalue weighted by Gasteiger charge is -2.41. The minimum absolute atomic E-state index is 0.123. The zero-order valence-corrected chi connectivity index (χ0v) is 41.8. The van der Waals surface area contributed by atoms with Gasteiger partial charge in [-0.25, -0.2) is 0 Å². The topological polar surface area (TPSA) is 25.6 Å². The predicted molar refractivity (Wildman–Crippen MR) is 311 cm³/mol. The van der Waals surface area contributed by atoms with Gasteiger partial charge in [-0.15, -0.1) is 0 Å². The molecule has 2 heterocycles. The van der Waals surface area contributed by atoms with Crippen LogP contribution in [0.3, 0.4) is 0 Å². The molecule has 2 atom stereocenters. The lowest BCUT2D eigenvalue weighted by atomic mass is 9.64. The second kappa shape index (κ2) is 16.4. The van der Waals surface area contributed by atoms with E-state index >= 15 is 0 Å². The van der Waals surface area contributed by atoms with Crippen LogP contribution in [0.15, 0.2) is 253 Å². The molecule has 0 amide bonds. The quantitative estimate of drug-likeness (QED) is 0.149. The third-order valence-electron chi connectivity index (χ3n) is 16.9. The Morgan fingerprint density at radius 1 is 0.547 bits per heavy atom. The summed E-state index contributed by atoms with van der Waals surface area (Å²) in [5.74, 6) is 1.93. The molecule has 356 valence electrons. The number of fused-ring (bicyclic) bond motifs is 16. The van der Waals surface area contributed by atoms with Gasteiger partial charge in [0.2, 0.25) is 0 Å². The summed E-state index contributed by atoms with van der Waals surface area (Å²) < 4.78 is 13.6. The van der Waals surface area contributed by atoms with Crippen molar-refractivity contribution in [2.24, 2.45) is 0 Å². The van der Waals surface area contributed by atoms with Gasteiger partial charge in [0.05, 0.1) is 5.41 Å². The molecule has 1 aliphatic heterocycles. The van der Waals surface area contributed by atoms with E-state index in [9.17, 15) is 0 Å². The zero-order chi connectivity index (χ0) is 50.0. The van der Waals surface area contributed by atoms with Gasteiger partial charge >= 0.3 is 0 Å². The minimum atomic E-state index is -0.589. The van der Waals surface area contributed by atoms with E-state index in [4.69, 9.17) is 9.15 Å². The van der Waals surface area contributed by atoms with Crippen molar-refractivity contribution in [1.29, 1.82) is 0 Å². The van der Waals surface area contributed by atoms with E-state index < -0.39 is 5.41 Å². The van der Waals surface area contributed by atoms with E-state index in [1.807, 2.05) is 18.2 Å². The fourth-order valence-electron chi connectivity index (χ4n) is 13.5. The molecule has 3 heteroatoms. The molecule has 0 fully saturated rings. The first kappa shape index (κ1) is 43.4. The van der Waals surface area contributed by atoms with E-state index in [-0.39, 0.29) is 11.3 Å². The minimum Gasteiger partial charge on any atom is -0.456 e. The molecule has 10 aromatic carbocycles. The fraction of sp³-hybridized carbons (Fsp3) is 0.0833. The molecule has 3 aliphatic carbocycles. The normalized spacial score (nSPS) is 17.4. The lowest BCUT2D eigenvalue weighted by molar-refractivity contribution is 0.440. The second-order valence-electron chi connectivity index (χ2n) is 21.1. The maximum Gasteiger partial charge on any atom is 0.143 e. The van der Waals surface area contributed by atoms with E-state index in [0.717, 1.165) is 89.9 Å². The monoisotopic (exact) mass is 961 g/mol. The van der Waals surface area contributed by atoms with Crippen LogP contribution in [-0.4, -0.2) is 0 Å². The van der Waals surface area contributed by atoms with Crippen molar-refractivity contribution in [2.45, 2.75) is 37.0 Å². The average Bonchev–Trinajstić information content (AvgIpc) is 4.07. The number of anilines is 3. The zero-order valence-electron chi connectivity index (χ0n) is 41.8. The first-order valence-corrected chi connectivity index (χ1v) is 26.2. The van der Waals surface area contributed by atoms with Crippen molar-refractivity contribution in [3.05, 3.63) is 293 Å². The Bertz CT molecular complexity index is 4290. The Hall–Kier alpha value is -9.18. The number of benzene rings is 10. The Morgan fingerprint density at radius 3 is 2.07 bits per heavy atom. The summed E-state index contributed by atoms with van der Waals surface area (Å²) in [5.41, 5.74) is 21.9. The number of para-hydroxylation sites is 2. The van der Waals surface area contributed by atoms with Crippen LogP contribution in [0.1, 0.15) is 70.7 Å². The molecule has 1 aromatic heterocycles. The summed E-state index contributed by atoms with van der Waals surface area (Å²) in [7, 11) is 0. The van der Waals surface area contributed by atoms with E-state index in [1.165, 1.54) is 55.7 Å². The number of nitrogens with zero attached hydrogens (tertiary/aromatic N) is 1. The molecule has 0 bridgehead atoms. The molecule has 0 saturated carbocycles. The highest BCUT2D eigenvalue weighted by Gasteiger charge is 2.53. The van der Waals surface area contributed by atoms with Crippen molar-refractivity contribution < 1.29 is 9.15 Å². The molecule has 0 radical (unpaired) electrons. The van der Waals surface area contributed by atoms with Crippen LogP contribution in [0.25, 0.3) is 66.6 Å². The fourth-order valence-corrected chi connectivity index (χ4v) is 13.5. The Kier molecular flexibility index (Phi) is 9.50. The van der Waals surface area contributed by atoms with E-state index in [2.05, 4.69) is 250 Å². The molecule has 0 N–H and O–H groups in total. The number of furan rings is 1. The van der Waals surface area contributed by atoms with Gasteiger partial charge < -0.3 is 14.1 Å². The Morgan fingerprint density at radius 2 is 1.23 bits per heavy atom. The average molecular weight is 962 g/mol. The first-order chi connectivity index (χ1) is 36.9. The third kappa shape index (κ3) is 6.28. The standard InChI is InChI=1S/C72H51NO2/c1-4-5-16-45-29-41-62-67(43-45)75-70-54-18-7-6-17-46(54)34-42-64(70)72(62)61-26-12-9-21-59(61)68-52(22-15-27-63(68)72)47-30-35-49(36-31-47)73(51-39-40-56-55-19-8-11-25-60(55)71(2,3)65(56)44-51)50-37-32-48(33-38-50)53-23-14-24-58-57-20-10-13-28-66(57)74-69(53)58/h4-21,23-44,52H,1,22H2,2-3H3/b16-5-. The number of hydrogen-bond donors (Lipinski definition) is 0. The summed E-state index contributed by atoms with van der Waals surface area (Å²) in [5, 5.41) is 4.54. The summed E-state index contributed by atoms with van der Waals surface area (Å²) in [4.78, 5) is 2.43. The Balaban J connectivity index is 0.869. The summed E-state index contributed by atoms with van der Waals surface area (Å²) >= 11 is 0. The van der Waals surface area contributed by atoms with Crippen LogP contribution >= 0.6 is 0 Å². The van der Waals surface area contributed by atoms with Gasteiger partial charge in [-0.05, 0) is 122 Å². The number of allylic oxidation sites excluding steroid dienone is 6. The smallest absolute Gasteiger partial charge is 0.143 e. The molecule has 75 heavy (non-hydrogen) atoms. The largest absolute Gasteiger partial charge is 0.456 e. The van der Waals surface area contributed by atoms with Crippen LogP contribution in [-0.2, 0) is 10.8 Å². The molecule has 2 unspecified atom stereocenters. The van der Waals surface area contributed by atoms with Crippen LogP contribution in [0.4, 0.5) is 17.1 Å². The summed E-state index contributed by atoms with van der Waals surface area (Å²) in [6.45, 7) is 8.66. The van der Waals surface area contributed by atoms with Gasteiger partial charge in [-0.1, -0.05) is 215 Å². The van der Waals surface area contributed by atoms with Crippen LogP contribution in [0.2, 0.25) is 0 Å². The van der Waals surface area contributed by atoms with Crippen molar-refractivity contribution in [2.75, 3.05) is 4.90 Å². The maximum atomic E-state index is 7.11. The molecule has 0 saturated heterocycles. The number of ether oxygens (including phenoxy) is 1. The molecule has 3 nitrogen and oxygen atoms in total. The van der Waals surface area contributed by atoms with Gasteiger partial charge in [0, 0.05) is 61.2 Å². The van der Waals surface area contributed by atoms with Crippen molar-refractivity contribution >= 4 is 61.4 Å². The molecule has 1 spiro atoms. The second-order valence-corrected chi connectivity index (χ2v) is 21.1. The first-order valence-electron chi connectivity index (χ1n) is 26.2. The maximum absolute atomic E-state index is 7.11. The molecule has 11 aromatic rings. The summed E-state index contributed by atoms with van der Waals surface area (Å²) in [6, 6.07) is 78.3. The van der Waals surface area contributed by atoms with Gasteiger partial charge in [0.25, 0.3) is 0 Å². The molecule has 4 aliphatic rings. The van der Waals surface area contributed by atoms with E-state index in [1.54, 1.807) is 0 Å². The number of hydrogen-bond acceptors (Lipinski definition) is 3. The van der Waals surface area contributed by atoms with Gasteiger partial charge in [-0.2, -0.15) is 0 Å². The summed E-state index contributed by atoms with van der Waals surface area (Å²) in [6.07, 6.45) is 11.6. The van der Waals surface area contributed by atoms with Crippen molar-refractivity contribution in [3.63, 3.8) is 0 Å². The number of rotatable bonds is 7. The van der Waals surface area contributed by atoms with Crippen LogP contribution < -0.4 is 9.64 Å². The molecular weight excluding hydrogens is 911 g/mol. The highest BCUT2D eigenvalue weighted by atomic mass is 16.5. The van der Waals surface area contributed by atoms with Gasteiger partial charge in [0.1, 0.15) is 22.7 Å².